The standard InChI is InChI=1S/C10H13NO5/c1-14-7-4-9(15-2)8(6-11(12)13)10(5-7)16-3/h4-5H,6H2,1-3H3. The first kappa shape index (κ1) is 12.1. The summed E-state index contributed by atoms with van der Waals surface area (Å²) in [4.78, 5) is 10.1. The second-order valence-corrected chi connectivity index (χ2v) is 3.00. The molecule has 0 atom stereocenters. The summed E-state index contributed by atoms with van der Waals surface area (Å²) >= 11 is 0. The van der Waals surface area contributed by atoms with E-state index in [1.165, 1.54) is 21.3 Å². The van der Waals surface area contributed by atoms with Gasteiger partial charge in [0.05, 0.1) is 21.3 Å². The van der Waals surface area contributed by atoms with E-state index in [4.69, 9.17) is 14.2 Å². The fraction of sp³-hybridized carbons (Fsp3) is 0.400. The summed E-state index contributed by atoms with van der Waals surface area (Å²) in [7, 11) is 4.39. The molecule has 0 radical (unpaired) electrons. The highest BCUT2D eigenvalue weighted by Gasteiger charge is 2.17. The average molecular weight is 227 g/mol. The van der Waals surface area contributed by atoms with Crippen molar-refractivity contribution >= 4 is 0 Å². The molecule has 0 aromatic heterocycles. The van der Waals surface area contributed by atoms with Gasteiger partial charge in [-0.2, -0.15) is 0 Å². The molecule has 0 amide bonds. The first-order valence-electron chi connectivity index (χ1n) is 4.53. The van der Waals surface area contributed by atoms with E-state index in [-0.39, 0.29) is 6.54 Å². The molecular weight excluding hydrogens is 214 g/mol. The van der Waals surface area contributed by atoms with Crippen LogP contribution in [-0.2, 0) is 6.54 Å². The molecule has 88 valence electrons. The van der Waals surface area contributed by atoms with Gasteiger partial charge in [-0.3, -0.25) is 10.1 Å². The topological polar surface area (TPSA) is 70.8 Å². The Morgan fingerprint density at radius 3 is 1.94 bits per heavy atom. The van der Waals surface area contributed by atoms with E-state index >= 15 is 0 Å². The van der Waals surface area contributed by atoms with Gasteiger partial charge in [0.15, 0.2) is 0 Å². The molecule has 0 N–H and O–H groups in total. The maximum Gasteiger partial charge on any atom is 0.236 e. The largest absolute Gasteiger partial charge is 0.496 e. The van der Waals surface area contributed by atoms with Gasteiger partial charge in [0.2, 0.25) is 6.54 Å². The van der Waals surface area contributed by atoms with Crippen LogP contribution in [-0.4, -0.2) is 26.3 Å². The number of methoxy groups -OCH3 is 3. The summed E-state index contributed by atoms with van der Waals surface area (Å²) < 4.78 is 15.2. The summed E-state index contributed by atoms with van der Waals surface area (Å²) in [6, 6.07) is 3.17. The Kier molecular flexibility index (Phi) is 3.93. The van der Waals surface area contributed by atoms with Crippen molar-refractivity contribution in [2.75, 3.05) is 21.3 Å². The molecule has 0 aliphatic rings. The van der Waals surface area contributed by atoms with Crippen LogP contribution in [0.25, 0.3) is 0 Å². The number of nitrogens with zero attached hydrogens (tertiary/aromatic N) is 1. The lowest BCUT2D eigenvalue weighted by molar-refractivity contribution is -0.497. The van der Waals surface area contributed by atoms with Crippen LogP contribution >= 0.6 is 0 Å². The minimum absolute atomic E-state index is 0.351. The summed E-state index contributed by atoms with van der Waals surface area (Å²) in [6.07, 6.45) is 0. The average Bonchev–Trinajstić information content (AvgIpc) is 2.28. The van der Waals surface area contributed by atoms with Crippen LogP contribution in [0.5, 0.6) is 17.2 Å². The van der Waals surface area contributed by atoms with Crippen molar-refractivity contribution in [2.24, 2.45) is 0 Å². The SMILES string of the molecule is COc1cc(OC)c(C[N+](=O)[O-])c(OC)c1. The molecule has 0 aliphatic carbocycles. The Morgan fingerprint density at radius 2 is 1.62 bits per heavy atom. The molecule has 1 aromatic rings. The molecule has 0 saturated carbocycles. The van der Waals surface area contributed by atoms with Gasteiger partial charge in [-0.1, -0.05) is 0 Å². The maximum atomic E-state index is 10.5. The van der Waals surface area contributed by atoms with Crippen LogP contribution in [0.3, 0.4) is 0 Å². The van der Waals surface area contributed by atoms with Crippen LogP contribution in [0.1, 0.15) is 5.56 Å². The van der Waals surface area contributed by atoms with Gasteiger partial charge in [-0.05, 0) is 0 Å². The zero-order valence-electron chi connectivity index (χ0n) is 9.35. The number of hydrogen-bond acceptors (Lipinski definition) is 5. The van der Waals surface area contributed by atoms with E-state index in [9.17, 15) is 10.1 Å². The Morgan fingerprint density at radius 1 is 1.12 bits per heavy atom. The fourth-order valence-corrected chi connectivity index (χ4v) is 1.36. The highest BCUT2D eigenvalue weighted by atomic mass is 16.6. The molecule has 0 spiro atoms. The van der Waals surface area contributed by atoms with Crippen molar-refractivity contribution in [3.63, 3.8) is 0 Å². The molecule has 1 aromatic carbocycles. The lowest BCUT2D eigenvalue weighted by Gasteiger charge is -2.12. The van der Waals surface area contributed by atoms with Crippen molar-refractivity contribution < 1.29 is 19.1 Å². The number of rotatable bonds is 5. The summed E-state index contributed by atoms with van der Waals surface area (Å²) in [6.45, 7) is -0.351. The van der Waals surface area contributed by atoms with Crippen LogP contribution in [0, 0.1) is 10.1 Å². The molecule has 1 rings (SSSR count). The van der Waals surface area contributed by atoms with Gasteiger partial charge in [-0.15, -0.1) is 0 Å². The monoisotopic (exact) mass is 227 g/mol. The van der Waals surface area contributed by atoms with Gasteiger partial charge in [0.25, 0.3) is 0 Å². The van der Waals surface area contributed by atoms with Crippen LogP contribution in [0.15, 0.2) is 12.1 Å². The zero-order chi connectivity index (χ0) is 12.1. The normalized spacial score (nSPS) is 9.69. The Bertz CT molecular complexity index is 366. The zero-order valence-corrected chi connectivity index (χ0v) is 9.35. The third-order valence-corrected chi connectivity index (χ3v) is 2.10. The molecule has 0 aliphatic heterocycles. The number of hydrogen-bond donors (Lipinski definition) is 0. The van der Waals surface area contributed by atoms with Gasteiger partial charge < -0.3 is 14.2 Å². The van der Waals surface area contributed by atoms with E-state index in [0.717, 1.165) is 0 Å². The third-order valence-electron chi connectivity index (χ3n) is 2.10. The Balaban J connectivity index is 3.25. The highest BCUT2D eigenvalue weighted by molar-refractivity contribution is 5.50. The number of nitro groups is 1. The fourth-order valence-electron chi connectivity index (χ4n) is 1.36. The Labute approximate surface area is 92.9 Å². The predicted molar refractivity (Wildman–Crippen MR) is 56.8 cm³/mol. The van der Waals surface area contributed by atoms with Gasteiger partial charge in [0.1, 0.15) is 22.8 Å². The minimum Gasteiger partial charge on any atom is -0.496 e. The van der Waals surface area contributed by atoms with Gasteiger partial charge >= 0.3 is 0 Å². The van der Waals surface area contributed by atoms with Crippen molar-refractivity contribution in [3.05, 3.63) is 27.8 Å². The summed E-state index contributed by atoms with van der Waals surface area (Å²) in [5, 5.41) is 10.5. The molecule has 0 unspecified atom stereocenters. The highest BCUT2D eigenvalue weighted by Crippen LogP contribution is 2.34. The van der Waals surface area contributed by atoms with Crippen molar-refractivity contribution in [2.45, 2.75) is 6.54 Å². The smallest absolute Gasteiger partial charge is 0.236 e. The van der Waals surface area contributed by atoms with E-state index in [1.807, 2.05) is 0 Å². The van der Waals surface area contributed by atoms with E-state index in [1.54, 1.807) is 12.1 Å². The minimum atomic E-state index is -0.438. The lowest BCUT2D eigenvalue weighted by atomic mass is 10.1. The quantitative estimate of drug-likeness (QED) is 0.563. The molecule has 0 saturated heterocycles. The van der Waals surface area contributed by atoms with Crippen molar-refractivity contribution in [1.82, 2.24) is 0 Å². The number of ether oxygens (including phenoxy) is 3. The van der Waals surface area contributed by atoms with Crippen LogP contribution in [0.4, 0.5) is 0 Å². The lowest BCUT2D eigenvalue weighted by Crippen LogP contribution is -2.04. The molecule has 16 heavy (non-hydrogen) atoms. The second kappa shape index (κ2) is 5.20. The summed E-state index contributed by atoms with van der Waals surface area (Å²) in [5.41, 5.74) is 0.399. The molecule has 6 nitrogen and oxygen atoms in total. The van der Waals surface area contributed by atoms with Crippen LogP contribution in [0.2, 0.25) is 0 Å². The maximum absolute atomic E-state index is 10.5. The molecule has 0 fully saturated rings. The predicted octanol–water partition coefficient (Wildman–Crippen LogP) is 1.49. The van der Waals surface area contributed by atoms with Crippen molar-refractivity contribution in [1.29, 1.82) is 0 Å². The van der Waals surface area contributed by atoms with Crippen molar-refractivity contribution in [3.8, 4) is 17.2 Å². The molecule has 0 heterocycles. The molecular formula is C10H13NO5. The van der Waals surface area contributed by atoms with E-state index < -0.39 is 4.92 Å². The molecule has 0 bridgehead atoms. The Hall–Kier alpha value is -1.98. The first-order valence-corrected chi connectivity index (χ1v) is 4.53. The molecule has 6 heteroatoms. The van der Waals surface area contributed by atoms with Crippen LogP contribution < -0.4 is 14.2 Å². The second-order valence-electron chi connectivity index (χ2n) is 3.00. The first-order chi connectivity index (χ1) is 7.62. The van der Waals surface area contributed by atoms with E-state index in [0.29, 0.717) is 22.8 Å². The summed E-state index contributed by atoms with van der Waals surface area (Å²) in [5.74, 6) is 1.29. The third kappa shape index (κ3) is 2.53. The number of benzene rings is 1. The van der Waals surface area contributed by atoms with Gasteiger partial charge in [0, 0.05) is 17.1 Å². The van der Waals surface area contributed by atoms with Gasteiger partial charge in [-0.25, -0.2) is 0 Å². The van der Waals surface area contributed by atoms with E-state index in [2.05, 4.69) is 0 Å².